The van der Waals surface area contributed by atoms with Gasteiger partial charge in [-0.25, -0.2) is 0 Å². The van der Waals surface area contributed by atoms with Crippen LogP contribution in [0.1, 0.15) is 6.92 Å². The van der Waals surface area contributed by atoms with Crippen molar-refractivity contribution in [3.63, 3.8) is 0 Å². The lowest BCUT2D eigenvalue weighted by molar-refractivity contribution is -0.107. The second kappa shape index (κ2) is 5.05. The van der Waals surface area contributed by atoms with Crippen LogP contribution in [0.4, 0.5) is 5.69 Å². The second-order valence-electron chi connectivity index (χ2n) is 3.35. The Morgan fingerprint density at radius 2 is 1.86 bits per heavy atom. The highest BCUT2D eigenvalue weighted by Crippen LogP contribution is 2.24. The quantitative estimate of drug-likeness (QED) is 0.561. The lowest BCUT2D eigenvalue weighted by Crippen LogP contribution is -2.08. The van der Waals surface area contributed by atoms with Crippen LogP contribution in [0.3, 0.4) is 0 Å². The Balaban J connectivity index is 2.68. The number of anilines is 1. The van der Waals surface area contributed by atoms with E-state index in [2.05, 4.69) is 17.0 Å². The van der Waals surface area contributed by atoms with E-state index in [1.165, 1.54) is 5.69 Å². The van der Waals surface area contributed by atoms with Crippen molar-refractivity contribution in [3.8, 4) is 0 Å². The molecule has 0 saturated carbocycles. The molecule has 0 aliphatic heterocycles. The number of rotatable bonds is 4. The summed E-state index contributed by atoms with van der Waals surface area (Å²) >= 11 is 1.58. The van der Waals surface area contributed by atoms with Crippen LogP contribution in [0.25, 0.3) is 0 Å². The molecular formula is C11H15NOS. The predicted molar refractivity (Wildman–Crippen MR) is 62.2 cm³/mol. The number of benzene rings is 1. The third-order valence-electron chi connectivity index (χ3n) is 1.87. The zero-order valence-electron chi connectivity index (χ0n) is 8.73. The largest absolute Gasteiger partial charge is 0.378 e. The van der Waals surface area contributed by atoms with Crippen LogP contribution < -0.4 is 4.90 Å². The maximum absolute atomic E-state index is 10.5. The maximum Gasteiger partial charge on any atom is 0.133 e. The van der Waals surface area contributed by atoms with Gasteiger partial charge in [0.05, 0.1) is 5.25 Å². The molecule has 0 amide bonds. The number of carbonyl (C=O) groups is 1. The van der Waals surface area contributed by atoms with Crippen molar-refractivity contribution in [2.24, 2.45) is 0 Å². The molecule has 0 N–H and O–H groups in total. The lowest BCUT2D eigenvalue weighted by Gasteiger charge is -2.12. The minimum atomic E-state index is 0.0280. The summed E-state index contributed by atoms with van der Waals surface area (Å²) in [6.07, 6.45) is 0.963. The first kappa shape index (κ1) is 11.1. The summed E-state index contributed by atoms with van der Waals surface area (Å²) in [6.45, 7) is 1.90. The summed E-state index contributed by atoms with van der Waals surface area (Å²) in [5.74, 6) is 0. The summed E-state index contributed by atoms with van der Waals surface area (Å²) in [6, 6.07) is 8.19. The van der Waals surface area contributed by atoms with Crippen LogP contribution in [-0.4, -0.2) is 25.6 Å². The van der Waals surface area contributed by atoms with Gasteiger partial charge in [-0.3, -0.25) is 0 Å². The van der Waals surface area contributed by atoms with Crippen molar-refractivity contribution in [2.45, 2.75) is 17.1 Å². The molecule has 0 spiro atoms. The molecule has 14 heavy (non-hydrogen) atoms. The Hall–Kier alpha value is -0.960. The summed E-state index contributed by atoms with van der Waals surface area (Å²) in [5, 5.41) is 0.0280. The van der Waals surface area contributed by atoms with E-state index in [4.69, 9.17) is 0 Å². The smallest absolute Gasteiger partial charge is 0.133 e. The van der Waals surface area contributed by atoms with Gasteiger partial charge in [-0.15, -0.1) is 11.8 Å². The van der Waals surface area contributed by atoms with Gasteiger partial charge in [0.1, 0.15) is 6.29 Å². The van der Waals surface area contributed by atoms with Gasteiger partial charge < -0.3 is 9.69 Å². The van der Waals surface area contributed by atoms with Crippen LogP contribution in [0.15, 0.2) is 29.2 Å². The van der Waals surface area contributed by atoms with Gasteiger partial charge in [-0.2, -0.15) is 0 Å². The maximum atomic E-state index is 10.5. The first-order valence-corrected chi connectivity index (χ1v) is 5.41. The molecule has 0 fully saturated rings. The van der Waals surface area contributed by atoms with E-state index in [-0.39, 0.29) is 5.25 Å². The molecule has 0 saturated heterocycles. The molecule has 3 heteroatoms. The third kappa shape index (κ3) is 3.07. The zero-order chi connectivity index (χ0) is 10.6. The Morgan fingerprint density at radius 1 is 1.29 bits per heavy atom. The fourth-order valence-electron chi connectivity index (χ4n) is 1.07. The highest BCUT2D eigenvalue weighted by molar-refractivity contribution is 8.00. The second-order valence-corrected chi connectivity index (χ2v) is 4.80. The topological polar surface area (TPSA) is 20.3 Å². The third-order valence-corrected chi connectivity index (χ3v) is 2.89. The molecule has 1 aromatic rings. The van der Waals surface area contributed by atoms with E-state index in [0.29, 0.717) is 0 Å². The lowest BCUT2D eigenvalue weighted by atomic mass is 10.3. The van der Waals surface area contributed by atoms with Gasteiger partial charge in [0.15, 0.2) is 0 Å². The summed E-state index contributed by atoms with van der Waals surface area (Å²) in [5.41, 5.74) is 1.17. The molecule has 1 rings (SSSR count). The monoisotopic (exact) mass is 209 g/mol. The van der Waals surface area contributed by atoms with Gasteiger partial charge in [0.25, 0.3) is 0 Å². The molecule has 0 unspecified atom stereocenters. The average molecular weight is 209 g/mol. The number of carbonyl (C=O) groups excluding carboxylic acids is 1. The first-order valence-electron chi connectivity index (χ1n) is 4.53. The highest BCUT2D eigenvalue weighted by Gasteiger charge is 2.02. The van der Waals surface area contributed by atoms with Crippen molar-refractivity contribution < 1.29 is 4.79 Å². The van der Waals surface area contributed by atoms with E-state index in [1.54, 1.807) is 11.8 Å². The fraction of sp³-hybridized carbons (Fsp3) is 0.364. The molecule has 0 aromatic heterocycles. The van der Waals surface area contributed by atoms with Crippen LogP contribution in [0.5, 0.6) is 0 Å². The molecule has 76 valence electrons. The molecule has 0 bridgehead atoms. The van der Waals surface area contributed by atoms with Gasteiger partial charge >= 0.3 is 0 Å². The standard InChI is InChI=1S/C11H15NOS/c1-9(8-13)14-11-6-4-10(5-7-11)12(2)3/h4-9H,1-3H3/t9-/m1/s1. The SMILES string of the molecule is C[C@H](C=O)Sc1ccc(N(C)C)cc1. The molecule has 0 aliphatic rings. The van der Waals surface area contributed by atoms with Crippen LogP contribution >= 0.6 is 11.8 Å². The number of hydrogen-bond donors (Lipinski definition) is 0. The van der Waals surface area contributed by atoms with Crippen molar-refractivity contribution in [1.82, 2.24) is 0 Å². The van der Waals surface area contributed by atoms with Crippen LogP contribution in [0, 0.1) is 0 Å². The minimum absolute atomic E-state index is 0.0280. The van der Waals surface area contributed by atoms with E-state index < -0.39 is 0 Å². The number of thioether (sulfide) groups is 1. The van der Waals surface area contributed by atoms with Crippen LogP contribution in [0.2, 0.25) is 0 Å². The highest BCUT2D eigenvalue weighted by atomic mass is 32.2. The van der Waals surface area contributed by atoms with Crippen LogP contribution in [-0.2, 0) is 4.79 Å². The van der Waals surface area contributed by atoms with Gasteiger partial charge in [-0.1, -0.05) is 0 Å². The molecule has 1 aromatic carbocycles. The minimum Gasteiger partial charge on any atom is -0.378 e. The van der Waals surface area contributed by atoms with Gasteiger partial charge in [-0.05, 0) is 31.2 Å². The molecule has 0 heterocycles. The Kier molecular flexibility index (Phi) is 4.01. The number of aldehydes is 1. The van der Waals surface area contributed by atoms with Crippen molar-refractivity contribution >= 4 is 23.7 Å². The normalized spacial score (nSPS) is 12.2. The Labute approximate surface area is 89.3 Å². The van der Waals surface area contributed by atoms with Gasteiger partial charge in [0, 0.05) is 24.7 Å². The summed E-state index contributed by atoms with van der Waals surface area (Å²) < 4.78 is 0. The molecular weight excluding hydrogens is 194 g/mol. The zero-order valence-corrected chi connectivity index (χ0v) is 9.54. The molecule has 1 atom stereocenters. The van der Waals surface area contributed by atoms with E-state index in [9.17, 15) is 4.79 Å². The number of nitrogens with zero attached hydrogens (tertiary/aromatic N) is 1. The summed E-state index contributed by atoms with van der Waals surface area (Å²) in [4.78, 5) is 13.6. The van der Waals surface area contributed by atoms with Crippen molar-refractivity contribution in [3.05, 3.63) is 24.3 Å². The molecule has 0 radical (unpaired) electrons. The van der Waals surface area contributed by atoms with Gasteiger partial charge in [0.2, 0.25) is 0 Å². The van der Waals surface area contributed by atoms with Crippen molar-refractivity contribution in [1.29, 1.82) is 0 Å². The van der Waals surface area contributed by atoms with E-state index in [0.717, 1.165) is 11.2 Å². The molecule has 2 nitrogen and oxygen atoms in total. The van der Waals surface area contributed by atoms with Crippen molar-refractivity contribution in [2.75, 3.05) is 19.0 Å². The van der Waals surface area contributed by atoms with E-state index >= 15 is 0 Å². The average Bonchev–Trinajstić information content (AvgIpc) is 2.18. The summed E-state index contributed by atoms with van der Waals surface area (Å²) in [7, 11) is 4.02. The first-order chi connectivity index (χ1) is 6.63. The fourth-order valence-corrected chi connectivity index (χ4v) is 1.84. The van der Waals surface area contributed by atoms with E-state index in [1.807, 2.05) is 33.2 Å². The Bertz CT molecular complexity index is 295. The molecule has 0 aliphatic carbocycles. The Morgan fingerprint density at radius 3 is 2.29 bits per heavy atom. The predicted octanol–water partition coefficient (Wildman–Crippen LogP) is 2.43. The number of hydrogen-bond acceptors (Lipinski definition) is 3.